The molecule has 19 heavy (non-hydrogen) atoms. The normalized spacial score (nSPS) is 13.0. The van der Waals surface area contributed by atoms with Crippen molar-refractivity contribution in [2.45, 2.75) is 6.42 Å². The van der Waals surface area contributed by atoms with E-state index in [-0.39, 0.29) is 5.82 Å². The molecule has 1 aliphatic carbocycles. The lowest BCUT2D eigenvalue weighted by molar-refractivity contribution is 0.0697. The Labute approximate surface area is 109 Å². The Morgan fingerprint density at radius 3 is 2.53 bits per heavy atom. The second kappa shape index (κ2) is 4.35. The van der Waals surface area contributed by atoms with Gasteiger partial charge in [0.1, 0.15) is 5.82 Å². The van der Waals surface area contributed by atoms with Crippen molar-refractivity contribution in [1.29, 1.82) is 0 Å². The van der Waals surface area contributed by atoms with Crippen LogP contribution in [0.15, 0.2) is 48.5 Å². The first-order chi connectivity index (χ1) is 9.15. The van der Waals surface area contributed by atoms with Gasteiger partial charge in [-0.2, -0.15) is 0 Å². The average Bonchev–Trinajstić information content (AvgIpc) is 2.82. The zero-order valence-electron chi connectivity index (χ0n) is 10.1. The predicted octanol–water partition coefficient (Wildman–Crippen LogP) is 3.51. The lowest BCUT2D eigenvalue weighted by Gasteiger charge is -2.07. The third kappa shape index (κ3) is 2.03. The van der Waals surface area contributed by atoms with E-state index in [0.29, 0.717) is 12.0 Å². The summed E-state index contributed by atoms with van der Waals surface area (Å²) in [7, 11) is 0. The second-order valence-corrected chi connectivity index (χ2v) is 4.51. The van der Waals surface area contributed by atoms with E-state index in [0.717, 1.165) is 22.3 Å². The number of hydrogen-bond donors (Lipinski definition) is 1. The van der Waals surface area contributed by atoms with Gasteiger partial charge in [-0.25, -0.2) is 9.18 Å². The van der Waals surface area contributed by atoms with Crippen LogP contribution in [-0.2, 0) is 6.42 Å². The maximum Gasteiger partial charge on any atom is 0.335 e. The molecular formula is C16H11FO2. The summed E-state index contributed by atoms with van der Waals surface area (Å²) in [5.41, 5.74) is 4.30. The van der Waals surface area contributed by atoms with Crippen LogP contribution in [0.2, 0.25) is 0 Å². The van der Waals surface area contributed by atoms with Gasteiger partial charge in [0, 0.05) is 0 Å². The van der Waals surface area contributed by atoms with Gasteiger partial charge >= 0.3 is 5.97 Å². The summed E-state index contributed by atoms with van der Waals surface area (Å²) in [5, 5.41) is 8.97. The molecule has 2 aromatic rings. The molecule has 2 nitrogen and oxygen atoms in total. The molecule has 0 atom stereocenters. The van der Waals surface area contributed by atoms with Crippen molar-refractivity contribution >= 4 is 11.5 Å². The molecule has 0 spiro atoms. The first-order valence-electron chi connectivity index (χ1n) is 5.98. The number of halogens is 1. The van der Waals surface area contributed by atoms with Crippen LogP contribution in [0.1, 0.15) is 27.0 Å². The Kier molecular flexibility index (Phi) is 2.67. The van der Waals surface area contributed by atoms with Gasteiger partial charge in [-0.1, -0.05) is 24.3 Å². The van der Waals surface area contributed by atoms with Gasteiger partial charge in [0.2, 0.25) is 0 Å². The SMILES string of the molecule is O=C(O)c1ccc2c(c1)CC=C2c1ccc(F)cc1. The van der Waals surface area contributed by atoms with E-state index >= 15 is 0 Å². The lowest BCUT2D eigenvalue weighted by atomic mass is 9.98. The van der Waals surface area contributed by atoms with Crippen molar-refractivity contribution in [3.05, 3.63) is 76.6 Å². The van der Waals surface area contributed by atoms with Gasteiger partial charge in [0.25, 0.3) is 0 Å². The number of carboxylic acid groups (broad SMARTS) is 1. The topological polar surface area (TPSA) is 37.3 Å². The molecule has 0 radical (unpaired) electrons. The number of fused-ring (bicyclic) bond motifs is 1. The van der Waals surface area contributed by atoms with E-state index in [2.05, 4.69) is 0 Å². The zero-order chi connectivity index (χ0) is 13.4. The molecule has 1 N–H and O–H groups in total. The maximum absolute atomic E-state index is 12.9. The highest BCUT2D eigenvalue weighted by Crippen LogP contribution is 2.33. The number of carbonyl (C=O) groups is 1. The number of allylic oxidation sites excluding steroid dienone is 1. The molecule has 3 heteroatoms. The maximum atomic E-state index is 12.9. The van der Waals surface area contributed by atoms with Crippen LogP contribution >= 0.6 is 0 Å². The van der Waals surface area contributed by atoms with Crippen molar-refractivity contribution < 1.29 is 14.3 Å². The minimum atomic E-state index is -0.918. The molecule has 3 rings (SSSR count). The highest BCUT2D eigenvalue weighted by Gasteiger charge is 2.17. The largest absolute Gasteiger partial charge is 0.478 e. The Bertz CT molecular complexity index is 684. The molecule has 1 aliphatic rings. The molecule has 0 fully saturated rings. The summed E-state index contributed by atoms with van der Waals surface area (Å²) in [6, 6.07) is 11.5. The standard InChI is InChI=1S/C16H11FO2/c17-13-5-1-10(2-6-13)14-7-3-11-9-12(16(18)19)4-8-15(11)14/h1-2,4-9H,3H2,(H,18,19). The molecule has 0 bridgehead atoms. The van der Waals surface area contributed by atoms with Crippen LogP contribution in [-0.4, -0.2) is 11.1 Å². The Morgan fingerprint density at radius 1 is 1.11 bits per heavy atom. The molecule has 0 heterocycles. The average molecular weight is 254 g/mol. The first kappa shape index (κ1) is 11.7. The highest BCUT2D eigenvalue weighted by atomic mass is 19.1. The van der Waals surface area contributed by atoms with Gasteiger partial charge < -0.3 is 5.11 Å². The molecule has 0 saturated carbocycles. The number of rotatable bonds is 2. The van der Waals surface area contributed by atoms with E-state index in [9.17, 15) is 9.18 Å². The van der Waals surface area contributed by atoms with Gasteiger partial charge in [-0.15, -0.1) is 0 Å². The fourth-order valence-corrected chi connectivity index (χ4v) is 2.38. The van der Waals surface area contributed by atoms with E-state index in [4.69, 9.17) is 5.11 Å². The van der Waals surface area contributed by atoms with Crippen molar-refractivity contribution in [2.24, 2.45) is 0 Å². The Morgan fingerprint density at radius 2 is 1.84 bits per heavy atom. The van der Waals surface area contributed by atoms with Crippen molar-refractivity contribution in [3.63, 3.8) is 0 Å². The van der Waals surface area contributed by atoms with Gasteiger partial charge in [0.05, 0.1) is 5.56 Å². The van der Waals surface area contributed by atoms with E-state index < -0.39 is 5.97 Å². The third-order valence-electron chi connectivity index (χ3n) is 3.32. The monoisotopic (exact) mass is 254 g/mol. The third-order valence-corrected chi connectivity index (χ3v) is 3.32. The number of hydrogen-bond acceptors (Lipinski definition) is 1. The fourth-order valence-electron chi connectivity index (χ4n) is 2.38. The smallest absolute Gasteiger partial charge is 0.335 e. The molecule has 94 valence electrons. The molecule has 2 aromatic carbocycles. The molecule has 0 unspecified atom stereocenters. The minimum Gasteiger partial charge on any atom is -0.478 e. The predicted molar refractivity (Wildman–Crippen MR) is 70.6 cm³/mol. The van der Waals surface area contributed by atoms with Crippen LogP contribution in [0.3, 0.4) is 0 Å². The first-order valence-corrected chi connectivity index (χ1v) is 5.98. The summed E-state index contributed by atoms with van der Waals surface area (Å²) >= 11 is 0. The molecular weight excluding hydrogens is 243 g/mol. The van der Waals surface area contributed by atoms with Gasteiger partial charge in [0.15, 0.2) is 0 Å². The summed E-state index contributed by atoms with van der Waals surface area (Å²) in [4.78, 5) is 10.9. The van der Waals surface area contributed by atoms with Crippen LogP contribution in [0.25, 0.3) is 5.57 Å². The van der Waals surface area contributed by atoms with Crippen molar-refractivity contribution in [1.82, 2.24) is 0 Å². The summed E-state index contributed by atoms with van der Waals surface area (Å²) in [6.07, 6.45) is 2.76. The Hall–Kier alpha value is -2.42. The minimum absolute atomic E-state index is 0.260. The number of benzene rings is 2. The van der Waals surface area contributed by atoms with Crippen molar-refractivity contribution in [3.8, 4) is 0 Å². The van der Waals surface area contributed by atoms with Gasteiger partial charge in [-0.05, 0) is 52.9 Å². The molecule has 0 amide bonds. The zero-order valence-corrected chi connectivity index (χ0v) is 10.1. The highest BCUT2D eigenvalue weighted by molar-refractivity contribution is 5.91. The van der Waals surface area contributed by atoms with Crippen LogP contribution in [0.4, 0.5) is 4.39 Å². The van der Waals surface area contributed by atoms with Crippen molar-refractivity contribution in [2.75, 3.05) is 0 Å². The summed E-state index contributed by atoms with van der Waals surface area (Å²) in [6.45, 7) is 0. The quantitative estimate of drug-likeness (QED) is 0.890. The molecule has 0 saturated heterocycles. The lowest BCUT2D eigenvalue weighted by Crippen LogP contribution is -1.98. The molecule has 0 aromatic heterocycles. The molecule has 0 aliphatic heterocycles. The van der Waals surface area contributed by atoms with E-state index in [1.54, 1.807) is 24.3 Å². The summed E-state index contributed by atoms with van der Waals surface area (Å²) < 4.78 is 12.9. The van der Waals surface area contributed by atoms with Crippen LogP contribution < -0.4 is 0 Å². The summed E-state index contributed by atoms with van der Waals surface area (Å²) in [5.74, 6) is -1.18. The van der Waals surface area contributed by atoms with Crippen LogP contribution in [0, 0.1) is 5.82 Å². The van der Waals surface area contributed by atoms with E-state index in [1.807, 2.05) is 12.1 Å². The fraction of sp³-hybridized carbons (Fsp3) is 0.0625. The van der Waals surface area contributed by atoms with Crippen LogP contribution in [0.5, 0.6) is 0 Å². The Balaban J connectivity index is 2.02. The number of carboxylic acids is 1. The van der Waals surface area contributed by atoms with E-state index in [1.165, 1.54) is 12.1 Å². The number of aromatic carboxylic acids is 1. The van der Waals surface area contributed by atoms with Gasteiger partial charge in [-0.3, -0.25) is 0 Å². The second-order valence-electron chi connectivity index (χ2n) is 4.51.